The zero-order valence-electron chi connectivity index (χ0n) is 14.4. The van der Waals surface area contributed by atoms with Gasteiger partial charge in [0.15, 0.2) is 0 Å². The average molecular weight is 333 g/mol. The number of ketones is 1. The quantitative estimate of drug-likeness (QED) is 0.827. The molecule has 4 unspecified atom stereocenters. The van der Waals surface area contributed by atoms with Crippen molar-refractivity contribution < 1.29 is 14.3 Å². The van der Waals surface area contributed by atoms with Gasteiger partial charge in [-0.25, -0.2) is 4.68 Å². The Balaban J connectivity index is 1.39. The monoisotopic (exact) mass is 333 g/mol. The fraction of sp³-hybridized carbons (Fsp3) is 0.833. The maximum atomic E-state index is 11.4. The van der Waals surface area contributed by atoms with E-state index in [0.29, 0.717) is 19.6 Å². The van der Waals surface area contributed by atoms with Crippen LogP contribution in [0.1, 0.15) is 57.2 Å². The summed E-state index contributed by atoms with van der Waals surface area (Å²) in [5.41, 5.74) is 1.09. The number of nitrogens with zero attached hydrogens (tertiary/aromatic N) is 3. The van der Waals surface area contributed by atoms with Crippen molar-refractivity contribution in [3.63, 3.8) is 0 Å². The largest absolute Gasteiger partial charge is 0.373 e. The predicted molar refractivity (Wildman–Crippen MR) is 87.6 cm³/mol. The van der Waals surface area contributed by atoms with E-state index in [1.54, 1.807) is 6.92 Å². The number of carbonyl (C=O) groups excluding carboxylic acids is 1. The number of aromatic nitrogens is 3. The van der Waals surface area contributed by atoms with Gasteiger partial charge in [0.05, 0.1) is 25.0 Å². The zero-order chi connectivity index (χ0) is 16.5. The molecule has 6 nitrogen and oxygen atoms in total. The molecule has 4 atom stereocenters. The number of carbonyl (C=O) groups is 1. The Bertz CT molecular complexity index is 582. The van der Waals surface area contributed by atoms with E-state index in [1.807, 2.05) is 4.68 Å². The number of hydrogen-bond donors (Lipinski definition) is 0. The van der Waals surface area contributed by atoms with Gasteiger partial charge < -0.3 is 14.3 Å². The molecular weight excluding hydrogens is 306 g/mol. The molecule has 1 aromatic rings. The van der Waals surface area contributed by atoms with Crippen LogP contribution < -0.4 is 0 Å². The van der Waals surface area contributed by atoms with Gasteiger partial charge in [0.2, 0.25) is 0 Å². The number of ether oxygens (including phenoxy) is 2. The zero-order valence-corrected chi connectivity index (χ0v) is 14.4. The van der Waals surface area contributed by atoms with E-state index in [4.69, 9.17) is 9.47 Å². The molecule has 0 N–H and O–H groups in total. The van der Waals surface area contributed by atoms with Crippen LogP contribution >= 0.6 is 0 Å². The molecule has 132 valence electrons. The van der Waals surface area contributed by atoms with Crippen molar-refractivity contribution in [3.05, 3.63) is 11.9 Å². The highest BCUT2D eigenvalue weighted by molar-refractivity contribution is 5.75. The third-order valence-electron chi connectivity index (χ3n) is 5.80. The highest BCUT2D eigenvalue weighted by Gasteiger charge is 2.48. The first-order chi connectivity index (χ1) is 11.7. The average Bonchev–Trinajstić information content (AvgIpc) is 3.26. The summed E-state index contributed by atoms with van der Waals surface area (Å²) in [6, 6.07) is 0.0829. The molecule has 0 amide bonds. The smallest absolute Gasteiger partial charge is 0.130 e. The van der Waals surface area contributed by atoms with E-state index in [9.17, 15) is 4.79 Å². The molecule has 0 aromatic carbocycles. The van der Waals surface area contributed by atoms with Crippen molar-refractivity contribution in [1.29, 1.82) is 0 Å². The lowest BCUT2D eigenvalue weighted by atomic mass is 9.86. The summed E-state index contributed by atoms with van der Waals surface area (Å²) in [5, 5.41) is 8.73. The fourth-order valence-corrected chi connectivity index (χ4v) is 4.59. The van der Waals surface area contributed by atoms with Crippen LogP contribution in [0.25, 0.3) is 0 Å². The van der Waals surface area contributed by atoms with E-state index >= 15 is 0 Å². The summed E-state index contributed by atoms with van der Waals surface area (Å²) in [6.07, 6.45) is 10.4. The number of fused-ring (bicyclic) bond motifs is 1. The molecule has 3 aliphatic rings. The standard InChI is InChI=1S/C18H27N3O3/c1-12(22)7-14-10-23-18-16(11-24-17(14)18)21-9-15(19-20-21)8-13-5-3-2-4-6-13/h9,13-14,16-18H,2-8,10-11H2,1H3. The molecule has 3 fully saturated rings. The van der Waals surface area contributed by atoms with Crippen LogP contribution in [-0.4, -0.2) is 46.2 Å². The van der Waals surface area contributed by atoms with E-state index in [-0.39, 0.29) is 30.0 Å². The second-order valence-electron chi connectivity index (χ2n) is 7.73. The maximum Gasteiger partial charge on any atom is 0.130 e. The number of rotatable bonds is 5. The summed E-state index contributed by atoms with van der Waals surface area (Å²) in [4.78, 5) is 11.4. The van der Waals surface area contributed by atoms with Gasteiger partial charge in [-0.1, -0.05) is 37.3 Å². The van der Waals surface area contributed by atoms with Crippen molar-refractivity contribution in [2.24, 2.45) is 11.8 Å². The maximum absolute atomic E-state index is 11.4. The van der Waals surface area contributed by atoms with Crippen molar-refractivity contribution in [3.8, 4) is 0 Å². The van der Waals surface area contributed by atoms with Gasteiger partial charge in [0.1, 0.15) is 17.9 Å². The van der Waals surface area contributed by atoms with Crippen LogP contribution in [0.3, 0.4) is 0 Å². The third-order valence-corrected chi connectivity index (χ3v) is 5.80. The Labute approximate surface area is 142 Å². The second-order valence-corrected chi connectivity index (χ2v) is 7.73. The first kappa shape index (κ1) is 16.2. The second kappa shape index (κ2) is 6.92. The highest BCUT2D eigenvalue weighted by Crippen LogP contribution is 2.38. The van der Waals surface area contributed by atoms with E-state index < -0.39 is 0 Å². The van der Waals surface area contributed by atoms with Crippen LogP contribution in [0.4, 0.5) is 0 Å². The number of hydrogen-bond acceptors (Lipinski definition) is 5. The summed E-state index contributed by atoms with van der Waals surface area (Å²) < 4.78 is 13.8. The Hall–Kier alpha value is -1.27. The van der Waals surface area contributed by atoms with E-state index in [2.05, 4.69) is 16.5 Å². The molecule has 2 aliphatic heterocycles. The summed E-state index contributed by atoms with van der Waals surface area (Å²) in [7, 11) is 0. The fourth-order valence-electron chi connectivity index (χ4n) is 4.59. The summed E-state index contributed by atoms with van der Waals surface area (Å²) in [6.45, 7) is 2.83. The van der Waals surface area contributed by atoms with Gasteiger partial charge >= 0.3 is 0 Å². The predicted octanol–water partition coefficient (Wildman–Crippen LogP) is 2.33. The van der Waals surface area contributed by atoms with E-state index in [0.717, 1.165) is 18.0 Å². The molecule has 3 heterocycles. The Kier molecular flexibility index (Phi) is 4.68. The Morgan fingerprint density at radius 2 is 2.00 bits per heavy atom. The molecule has 1 aromatic heterocycles. The van der Waals surface area contributed by atoms with Gasteiger partial charge in [-0.15, -0.1) is 5.10 Å². The lowest BCUT2D eigenvalue weighted by molar-refractivity contribution is -0.118. The highest BCUT2D eigenvalue weighted by atomic mass is 16.6. The SMILES string of the molecule is CC(=O)CC1COC2C1OCC2n1cc(CC2CCCCC2)nn1. The summed E-state index contributed by atoms with van der Waals surface area (Å²) in [5.74, 6) is 1.15. The van der Waals surface area contributed by atoms with Crippen LogP contribution in [0.5, 0.6) is 0 Å². The minimum atomic E-state index is -0.00131. The van der Waals surface area contributed by atoms with Gasteiger partial charge in [-0.05, 0) is 19.3 Å². The van der Waals surface area contributed by atoms with Crippen LogP contribution in [0, 0.1) is 11.8 Å². The Morgan fingerprint density at radius 3 is 2.79 bits per heavy atom. The molecule has 6 heteroatoms. The third kappa shape index (κ3) is 3.26. The van der Waals surface area contributed by atoms with Crippen molar-refractivity contribution in [1.82, 2.24) is 15.0 Å². The van der Waals surface area contributed by atoms with Gasteiger partial charge in [-0.3, -0.25) is 0 Å². The molecule has 0 bridgehead atoms. The lowest BCUT2D eigenvalue weighted by Crippen LogP contribution is -2.28. The van der Waals surface area contributed by atoms with Crippen LogP contribution in [-0.2, 0) is 20.7 Å². The van der Waals surface area contributed by atoms with Crippen molar-refractivity contribution in [2.75, 3.05) is 13.2 Å². The molecule has 2 saturated heterocycles. The first-order valence-corrected chi connectivity index (χ1v) is 9.34. The summed E-state index contributed by atoms with van der Waals surface area (Å²) >= 11 is 0. The molecule has 0 spiro atoms. The van der Waals surface area contributed by atoms with Gasteiger partial charge in [-0.2, -0.15) is 0 Å². The molecule has 1 aliphatic carbocycles. The van der Waals surface area contributed by atoms with Crippen molar-refractivity contribution in [2.45, 2.75) is 70.1 Å². The lowest BCUT2D eigenvalue weighted by Gasteiger charge is -2.20. The minimum absolute atomic E-state index is 0.00131. The molecule has 24 heavy (non-hydrogen) atoms. The first-order valence-electron chi connectivity index (χ1n) is 9.34. The molecule has 0 radical (unpaired) electrons. The Morgan fingerprint density at radius 1 is 1.21 bits per heavy atom. The molecule has 1 saturated carbocycles. The van der Waals surface area contributed by atoms with Crippen molar-refractivity contribution >= 4 is 5.78 Å². The number of Topliss-reactive ketones (excluding diaryl/α,β-unsaturated/α-hetero) is 1. The minimum Gasteiger partial charge on any atom is -0.373 e. The van der Waals surface area contributed by atoms with Crippen LogP contribution in [0.15, 0.2) is 6.20 Å². The van der Waals surface area contributed by atoms with Gasteiger partial charge in [0.25, 0.3) is 0 Å². The molecular formula is C18H27N3O3. The topological polar surface area (TPSA) is 66.2 Å². The van der Waals surface area contributed by atoms with Gasteiger partial charge in [0, 0.05) is 18.5 Å². The van der Waals surface area contributed by atoms with Crippen LogP contribution in [0.2, 0.25) is 0 Å². The van der Waals surface area contributed by atoms with E-state index in [1.165, 1.54) is 32.1 Å². The molecule has 4 rings (SSSR count). The normalized spacial score (nSPS) is 33.7.